The summed E-state index contributed by atoms with van der Waals surface area (Å²) < 4.78 is 5.74. The highest BCUT2D eigenvalue weighted by Gasteiger charge is 2.21. The number of anilines is 1. The fourth-order valence-electron chi connectivity index (χ4n) is 2.75. The summed E-state index contributed by atoms with van der Waals surface area (Å²) in [5.74, 6) is 0.782. The van der Waals surface area contributed by atoms with Gasteiger partial charge >= 0.3 is 0 Å². The van der Waals surface area contributed by atoms with Crippen molar-refractivity contribution < 1.29 is 4.42 Å². The van der Waals surface area contributed by atoms with Crippen LogP contribution in [0.2, 0.25) is 0 Å². The highest BCUT2D eigenvalue weighted by atomic mass is 16.3. The van der Waals surface area contributed by atoms with Crippen LogP contribution in [0.3, 0.4) is 0 Å². The molecule has 1 saturated carbocycles. The summed E-state index contributed by atoms with van der Waals surface area (Å²) in [5.41, 5.74) is 8.14. The van der Waals surface area contributed by atoms with Crippen LogP contribution in [0.5, 0.6) is 0 Å². The minimum absolute atomic E-state index is 0.685. The highest BCUT2D eigenvalue weighted by Crippen LogP contribution is 2.24. The molecule has 0 amide bonds. The van der Waals surface area contributed by atoms with Gasteiger partial charge in [-0.1, -0.05) is 12.8 Å². The maximum Gasteiger partial charge on any atom is 0.209 e. The second-order valence-electron chi connectivity index (χ2n) is 5.19. The molecule has 1 fully saturated rings. The number of nitrogens with zero attached hydrogens (tertiary/aromatic N) is 2. The molecule has 3 rings (SSSR count). The topological polar surface area (TPSA) is 55.3 Å². The van der Waals surface area contributed by atoms with E-state index in [0.29, 0.717) is 6.04 Å². The van der Waals surface area contributed by atoms with Crippen molar-refractivity contribution in [1.29, 1.82) is 0 Å². The van der Waals surface area contributed by atoms with Gasteiger partial charge in [0, 0.05) is 11.7 Å². The Morgan fingerprint density at radius 3 is 2.94 bits per heavy atom. The van der Waals surface area contributed by atoms with Crippen LogP contribution in [0.1, 0.15) is 31.6 Å². The van der Waals surface area contributed by atoms with Gasteiger partial charge in [0.05, 0.1) is 6.54 Å². The molecule has 0 atom stereocenters. The first-order chi connectivity index (χ1) is 8.72. The Labute approximate surface area is 107 Å². The van der Waals surface area contributed by atoms with E-state index in [1.54, 1.807) is 0 Å². The SMILES string of the molecule is CN(Cc1nc2cc(N)ccc2o1)C1CCCC1. The van der Waals surface area contributed by atoms with Crippen LogP contribution in [0.25, 0.3) is 11.1 Å². The molecule has 1 heterocycles. The summed E-state index contributed by atoms with van der Waals surface area (Å²) in [6, 6.07) is 6.28. The van der Waals surface area contributed by atoms with Crippen LogP contribution in [0.4, 0.5) is 5.69 Å². The summed E-state index contributed by atoms with van der Waals surface area (Å²) >= 11 is 0. The minimum atomic E-state index is 0.685. The molecule has 4 heteroatoms. The predicted octanol–water partition coefficient (Wildman–Crippen LogP) is 2.78. The van der Waals surface area contributed by atoms with Gasteiger partial charge in [-0.25, -0.2) is 4.98 Å². The normalized spacial score (nSPS) is 17.0. The predicted molar refractivity (Wildman–Crippen MR) is 72.1 cm³/mol. The smallest absolute Gasteiger partial charge is 0.209 e. The van der Waals surface area contributed by atoms with Crippen molar-refractivity contribution in [3.05, 3.63) is 24.1 Å². The van der Waals surface area contributed by atoms with Crippen LogP contribution in [-0.2, 0) is 6.54 Å². The van der Waals surface area contributed by atoms with Gasteiger partial charge in [0.15, 0.2) is 5.58 Å². The van der Waals surface area contributed by atoms with Gasteiger partial charge in [-0.15, -0.1) is 0 Å². The molecule has 4 nitrogen and oxygen atoms in total. The van der Waals surface area contributed by atoms with E-state index >= 15 is 0 Å². The third-order valence-corrected chi connectivity index (χ3v) is 3.79. The van der Waals surface area contributed by atoms with Crippen molar-refractivity contribution in [3.63, 3.8) is 0 Å². The van der Waals surface area contributed by atoms with Crippen LogP contribution in [-0.4, -0.2) is 23.0 Å². The van der Waals surface area contributed by atoms with Gasteiger partial charge in [0.25, 0.3) is 0 Å². The number of hydrogen-bond donors (Lipinski definition) is 1. The summed E-state index contributed by atoms with van der Waals surface area (Å²) in [6.45, 7) is 0.777. The largest absolute Gasteiger partial charge is 0.439 e. The molecule has 2 aromatic rings. The lowest BCUT2D eigenvalue weighted by atomic mass is 10.2. The summed E-state index contributed by atoms with van der Waals surface area (Å²) in [6.07, 6.45) is 5.28. The number of oxazole rings is 1. The molecule has 0 bridgehead atoms. The fourth-order valence-corrected chi connectivity index (χ4v) is 2.75. The van der Waals surface area contributed by atoms with E-state index in [0.717, 1.165) is 29.2 Å². The number of nitrogen functional groups attached to an aromatic ring is 1. The van der Waals surface area contributed by atoms with Crippen LogP contribution in [0, 0.1) is 0 Å². The van der Waals surface area contributed by atoms with Crippen LogP contribution in [0.15, 0.2) is 22.6 Å². The van der Waals surface area contributed by atoms with E-state index in [-0.39, 0.29) is 0 Å². The van der Waals surface area contributed by atoms with Gasteiger partial charge in [-0.3, -0.25) is 4.90 Å². The molecule has 1 aromatic carbocycles. The zero-order valence-corrected chi connectivity index (χ0v) is 10.7. The maximum atomic E-state index is 5.74. The van der Waals surface area contributed by atoms with Crippen molar-refractivity contribution in [2.24, 2.45) is 0 Å². The Morgan fingerprint density at radius 1 is 1.39 bits per heavy atom. The van der Waals surface area contributed by atoms with Crippen LogP contribution < -0.4 is 5.73 Å². The lowest BCUT2D eigenvalue weighted by Gasteiger charge is -2.21. The van der Waals surface area contributed by atoms with Crippen molar-refractivity contribution >= 4 is 16.8 Å². The monoisotopic (exact) mass is 245 g/mol. The highest BCUT2D eigenvalue weighted by molar-refractivity contribution is 5.76. The summed E-state index contributed by atoms with van der Waals surface area (Å²) in [5, 5.41) is 0. The van der Waals surface area contributed by atoms with E-state index in [2.05, 4.69) is 16.9 Å². The third-order valence-electron chi connectivity index (χ3n) is 3.79. The second kappa shape index (κ2) is 4.61. The number of fused-ring (bicyclic) bond motifs is 1. The Hall–Kier alpha value is -1.55. The molecule has 18 heavy (non-hydrogen) atoms. The molecule has 0 aliphatic heterocycles. The fraction of sp³-hybridized carbons (Fsp3) is 0.500. The molecular formula is C14H19N3O. The first kappa shape index (κ1) is 11.5. The molecular weight excluding hydrogens is 226 g/mol. The number of rotatable bonds is 3. The van der Waals surface area contributed by atoms with Gasteiger partial charge < -0.3 is 10.2 Å². The van der Waals surface area contributed by atoms with E-state index in [1.165, 1.54) is 25.7 Å². The van der Waals surface area contributed by atoms with Gasteiger partial charge in [-0.2, -0.15) is 0 Å². The molecule has 0 unspecified atom stereocenters. The van der Waals surface area contributed by atoms with Crippen molar-refractivity contribution in [1.82, 2.24) is 9.88 Å². The van der Waals surface area contributed by atoms with Gasteiger partial charge in [-0.05, 0) is 38.1 Å². The molecule has 1 aliphatic carbocycles. The lowest BCUT2D eigenvalue weighted by Crippen LogP contribution is -2.28. The molecule has 1 aliphatic rings. The van der Waals surface area contributed by atoms with E-state index in [9.17, 15) is 0 Å². The number of nitrogens with two attached hydrogens (primary N) is 1. The average molecular weight is 245 g/mol. The van der Waals surface area contributed by atoms with E-state index in [1.807, 2.05) is 18.2 Å². The molecule has 0 saturated heterocycles. The Bertz CT molecular complexity index is 543. The van der Waals surface area contributed by atoms with Crippen molar-refractivity contribution in [2.75, 3.05) is 12.8 Å². The Balaban J connectivity index is 1.77. The van der Waals surface area contributed by atoms with Crippen molar-refractivity contribution in [2.45, 2.75) is 38.3 Å². The van der Waals surface area contributed by atoms with Crippen LogP contribution >= 0.6 is 0 Å². The Kier molecular flexibility index (Phi) is 2.96. The lowest BCUT2D eigenvalue weighted by molar-refractivity contribution is 0.217. The van der Waals surface area contributed by atoms with Gasteiger partial charge in [0.1, 0.15) is 5.52 Å². The van der Waals surface area contributed by atoms with Crippen molar-refractivity contribution in [3.8, 4) is 0 Å². The standard InChI is InChI=1S/C14H19N3O/c1-17(11-4-2-3-5-11)9-14-16-12-8-10(15)6-7-13(12)18-14/h6-8,11H,2-5,9,15H2,1H3. The summed E-state index contributed by atoms with van der Waals surface area (Å²) in [7, 11) is 2.15. The molecule has 2 N–H and O–H groups in total. The minimum Gasteiger partial charge on any atom is -0.439 e. The first-order valence-corrected chi connectivity index (χ1v) is 6.57. The summed E-state index contributed by atoms with van der Waals surface area (Å²) in [4.78, 5) is 6.84. The quantitative estimate of drug-likeness (QED) is 0.845. The number of aromatic nitrogens is 1. The zero-order valence-electron chi connectivity index (χ0n) is 10.7. The number of benzene rings is 1. The zero-order chi connectivity index (χ0) is 12.5. The Morgan fingerprint density at radius 2 is 2.17 bits per heavy atom. The maximum absolute atomic E-state index is 5.74. The number of hydrogen-bond acceptors (Lipinski definition) is 4. The molecule has 0 radical (unpaired) electrons. The molecule has 0 spiro atoms. The third kappa shape index (κ3) is 2.20. The second-order valence-corrected chi connectivity index (χ2v) is 5.19. The van der Waals surface area contributed by atoms with Gasteiger partial charge in [0.2, 0.25) is 5.89 Å². The van der Waals surface area contributed by atoms with E-state index in [4.69, 9.17) is 10.2 Å². The first-order valence-electron chi connectivity index (χ1n) is 6.57. The van der Waals surface area contributed by atoms with E-state index < -0.39 is 0 Å². The molecule has 96 valence electrons. The average Bonchev–Trinajstić information content (AvgIpc) is 2.95. The molecule has 1 aromatic heterocycles.